The van der Waals surface area contributed by atoms with Crippen molar-refractivity contribution in [2.45, 2.75) is 37.6 Å². The van der Waals surface area contributed by atoms with Crippen LogP contribution in [0.1, 0.15) is 37.2 Å². The summed E-state index contributed by atoms with van der Waals surface area (Å²) in [5.74, 6) is 0.759. The molecule has 1 aliphatic rings. The van der Waals surface area contributed by atoms with Gasteiger partial charge < -0.3 is 28.5 Å². The zero-order valence-corrected chi connectivity index (χ0v) is 13.4. The van der Waals surface area contributed by atoms with Gasteiger partial charge in [0.05, 0.1) is 27.2 Å². The second kappa shape index (κ2) is 6.19. The number of hydrogen-bond donors (Lipinski definition) is 0. The van der Waals surface area contributed by atoms with E-state index in [0.717, 1.165) is 16.4 Å². The molecule has 2 rings (SSSR count). The SMILES string of the molecule is C[N+](C)(C)C1CCCCC1c1ccccc1.[I-]. The first-order valence-corrected chi connectivity index (χ1v) is 6.45. The molecule has 1 nitrogen and oxygen atoms in total. The zero-order valence-electron chi connectivity index (χ0n) is 11.2. The second-order valence-corrected chi connectivity index (χ2v) is 5.99. The van der Waals surface area contributed by atoms with Crippen molar-refractivity contribution in [3.8, 4) is 0 Å². The van der Waals surface area contributed by atoms with Crippen molar-refractivity contribution in [3.05, 3.63) is 35.9 Å². The lowest BCUT2D eigenvalue weighted by Crippen LogP contribution is -3.00. The number of quaternary nitrogens is 1. The number of benzene rings is 1. The van der Waals surface area contributed by atoms with E-state index in [1.165, 1.54) is 25.7 Å². The van der Waals surface area contributed by atoms with E-state index in [4.69, 9.17) is 0 Å². The minimum Gasteiger partial charge on any atom is -1.00 e. The van der Waals surface area contributed by atoms with Gasteiger partial charge in [-0.2, -0.15) is 0 Å². The predicted octanol–water partition coefficient (Wildman–Crippen LogP) is 0.423. The highest BCUT2D eigenvalue weighted by atomic mass is 127. The van der Waals surface area contributed by atoms with Gasteiger partial charge in [-0.15, -0.1) is 0 Å². The molecule has 0 aliphatic heterocycles. The summed E-state index contributed by atoms with van der Waals surface area (Å²) < 4.78 is 1.10. The fraction of sp³-hybridized carbons (Fsp3) is 0.600. The molecule has 1 aliphatic carbocycles. The molecule has 1 aromatic carbocycles. The first-order chi connectivity index (χ1) is 7.59. The smallest absolute Gasteiger partial charge is 0.0953 e. The van der Waals surface area contributed by atoms with Gasteiger partial charge in [0.2, 0.25) is 0 Å². The monoisotopic (exact) mass is 345 g/mol. The summed E-state index contributed by atoms with van der Waals surface area (Å²) >= 11 is 0. The van der Waals surface area contributed by atoms with Gasteiger partial charge in [0.15, 0.2) is 0 Å². The van der Waals surface area contributed by atoms with Crippen molar-refractivity contribution in [1.82, 2.24) is 0 Å². The van der Waals surface area contributed by atoms with Gasteiger partial charge in [0.1, 0.15) is 0 Å². The van der Waals surface area contributed by atoms with Crippen LogP contribution in [0.2, 0.25) is 0 Å². The average Bonchev–Trinajstić information content (AvgIpc) is 2.29. The highest BCUT2D eigenvalue weighted by Gasteiger charge is 2.35. The summed E-state index contributed by atoms with van der Waals surface area (Å²) in [6.45, 7) is 0. The number of hydrogen-bond acceptors (Lipinski definition) is 0. The minimum atomic E-state index is 0. The molecule has 1 saturated carbocycles. The van der Waals surface area contributed by atoms with Crippen molar-refractivity contribution in [1.29, 1.82) is 0 Å². The van der Waals surface area contributed by atoms with E-state index in [2.05, 4.69) is 51.5 Å². The summed E-state index contributed by atoms with van der Waals surface area (Å²) in [7, 11) is 7.02. The molecule has 1 fully saturated rings. The first kappa shape index (κ1) is 15.0. The van der Waals surface area contributed by atoms with Crippen LogP contribution in [0, 0.1) is 0 Å². The Labute approximate surface area is 123 Å². The van der Waals surface area contributed by atoms with Crippen LogP contribution in [0.5, 0.6) is 0 Å². The Morgan fingerprint density at radius 2 is 1.53 bits per heavy atom. The number of likely N-dealkylation sites (N-methyl/N-ethyl adjacent to an activating group) is 1. The summed E-state index contributed by atoms with van der Waals surface area (Å²) in [4.78, 5) is 0. The van der Waals surface area contributed by atoms with Crippen LogP contribution < -0.4 is 24.0 Å². The van der Waals surface area contributed by atoms with Crippen LogP contribution in [0.15, 0.2) is 30.3 Å². The molecule has 0 heterocycles. The maximum atomic E-state index is 2.34. The molecule has 0 saturated heterocycles. The molecule has 0 spiro atoms. The van der Waals surface area contributed by atoms with Gasteiger partial charge in [-0.3, -0.25) is 0 Å². The zero-order chi connectivity index (χ0) is 11.6. The molecule has 0 radical (unpaired) electrons. The molecular formula is C15H24IN. The van der Waals surface area contributed by atoms with Gasteiger partial charge in [-0.05, 0) is 18.4 Å². The third kappa shape index (κ3) is 3.68. The van der Waals surface area contributed by atoms with E-state index < -0.39 is 0 Å². The molecule has 2 unspecified atom stereocenters. The Balaban J connectivity index is 0.00000144. The Morgan fingerprint density at radius 3 is 2.12 bits per heavy atom. The van der Waals surface area contributed by atoms with Crippen molar-refractivity contribution in [2.24, 2.45) is 0 Å². The lowest BCUT2D eigenvalue weighted by molar-refractivity contribution is -0.899. The molecule has 2 atom stereocenters. The molecule has 1 aromatic rings. The van der Waals surface area contributed by atoms with Crippen LogP contribution in [0.4, 0.5) is 0 Å². The topological polar surface area (TPSA) is 0 Å². The largest absolute Gasteiger partial charge is 1.00 e. The molecule has 2 heteroatoms. The molecular weight excluding hydrogens is 321 g/mol. The van der Waals surface area contributed by atoms with E-state index in [1.54, 1.807) is 5.56 Å². The van der Waals surface area contributed by atoms with Crippen molar-refractivity contribution in [2.75, 3.05) is 21.1 Å². The summed E-state index contributed by atoms with van der Waals surface area (Å²) in [6.07, 6.45) is 5.55. The van der Waals surface area contributed by atoms with Crippen molar-refractivity contribution in [3.63, 3.8) is 0 Å². The first-order valence-electron chi connectivity index (χ1n) is 6.45. The van der Waals surface area contributed by atoms with Gasteiger partial charge >= 0.3 is 0 Å². The molecule has 17 heavy (non-hydrogen) atoms. The van der Waals surface area contributed by atoms with Crippen molar-refractivity contribution >= 4 is 0 Å². The van der Waals surface area contributed by atoms with Crippen LogP contribution >= 0.6 is 0 Å². The molecule has 0 aromatic heterocycles. The van der Waals surface area contributed by atoms with Crippen LogP contribution in [-0.2, 0) is 0 Å². The van der Waals surface area contributed by atoms with E-state index in [1.807, 2.05) is 0 Å². The van der Waals surface area contributed by atoms with Gasteiger partial charge in [0.25, 0.3) is 0 Å². The minimum absolute atomic E-state index is 0. The van der Waals surface area contributed by atoms with E-state index >= 15 is 0 Å². The predicted molar refractivity (Wildman–Crippen MR) is 69.5 cm³/mol. The molecule has 0 bridgehead atoms. The average molecular weight is 345 g/mol. The number of rotatable bonds is 2. The van der Waals surface area contributed by atoms with E-state index in [-0.39, 0.29) is 24.0 Å². The summed E-state index contributed by atoms with van der Waals surface area (Å²) in [5, 5.41) is 0. The Kier molecular flexibility index (Phi) is 5.45. The third-order valence-corrected chi connectivity index (χ3v) is 3.95. The second-order valence-electron chi connectivity index (χ2n) is 5.99. The van der Waals surface area contributed by atoms with Gasteiger partial charge in [0, 0.05) is 12.3 Å². The Bertz CT molecular complexity index is 329. The fourth-order valence-electron chi connectivity index (χ4n) is 3.13. The number of halogens is 1. The number of nitrogens with zero attached hydrogens (tertiary/aromatic N) is 1. The lowest BCUT2D eigenvalue weighted by Gasteiger charge is -2.42. The van der Waals surface area contributed by atoms with Gasteiger partial charge in [-0.25, -0.2) is 0 Å². The molecule has 0 amide bonds. The summed E-state index contributed by atoms with van der Waals surface area (Å²) in [6, 6.07) is 11.9. The molecule has 96 valence electrons. The molecule has 0 N–H and O–H groups in total. The van der Waals surface area contributed by atoms with E-state index in [0.29, 0.717) is 0 Å². The normalized spacial score (nSPS) is 25.1. The van der Waals surface area contributed by atoms with Crippen LogP contribution in [-0.4, -0.2) is 31.7 Å². The quantitative estimate of drug-likeness (QED) is 0.539. The van der Waals surface area contributed by atoms with Crippen LogP contribution in [0.25, 0.3) is 0 Å². The highest BCUT2D eigenvalue weighted by Crippen LogP contribution is 2.37. The third-order valence-electron chi connectivity index (χ3n) is 3.95. The Hall–Kier alpha value is -0.0900. The Morgan fingerprint density at radius 1 is 0.941 bits per heavy atom. The van der Waals surface area contributed by atoms with Crippen LogP contribution in [0.3, 0.4) is 0 Å². The summed E-state index contributed by atoms with van der Waals surface area (Å²) in [5.41, 5.74) is 1.54. The van der Waals surface area contributed by atoms with E-state index in [9.17, 15) is 0 Å². The van der Waals surface area contributed by atoms with Crippen molar-refractivity contribution < 1.29 is 28.5 Å². The lowest BCUT2D eigenvalue weighted by atomic mass is 9.78. The standard InChI is InChI=1S/C15H24N.HI/c1-16(2,3)15-12-8-7-11-14(15)13-9-5-4-6-10-13;/h4-6,9-10,14-15H,7-8,11-12H2,1-3H3;1H/q+1;/p-1. The highest BCUT2D eigenvalue weighted by molar-refractivity contribution is 5.21. The maximum Gasteiger partial charge on any atom is 0.0953 e. The van der Waals surface area contributed by atoms with Gasteiger partial charge in [-0.1, -0.05) is 36.8 Å². The maximum absolute atomic E-state index is 2.34. The fourth-order valence-corrected chi connectivity index (χ4v) is 3.13.